The van der Waals surface area contributed by atoms with Gasteiger partial charge >= 0.3 is 0 Å². The number of H-pyrrole nitrogens is 1. The zero-order valence-corrected chi connectivity index (χ0v) is 15.7. The van der Waals surface area contributed by atoms with E-state index in [1.807, 2.05) is 69.3 Å². The van der Waals surface area contributed by atoms with E-state index in [9.17, 15) is 4.79 Å². The Balaban J connectivity index is 1.67. The van der Waals surface area contributed by atoms with Gasteiger partial charge in [0.05, 0.1) is 23.9 Å². The number of anilines is 1. The van der Waals surface area contributed by atoms with Gasteiger partial charge < -0.3 is 5.32 Å². The van der Waals surface area contributed by atoms with E-state index in [2.05, 4.69) is 21.0 Å². The van der Waals surface area contributed by atoms with Crippen molar-refractivity contribution in [3.63, 3.8) is 0 Å². The summed E-state index contributed by atoms with van der Waals surface area (Å²) in [5.74, 6) is -0.290. The van der Waals surface area contributed by atoms with Gasteiger partial charge in [0.25, 0.3) is 5.91 Å². The molecule has 3 aromatic rings. The average Bonchev–Trinajstić information content (AvgIpc) is 3.01. The number of carbonyl (C=O) groups is 1. The normalized spacial score (nSPS) is 11.8. The molecule has 27 heavy (non-hydrogen) atoms. The summed E-state index contributed by atoms with van der Waals surface area (Å²) in [4.78, 5) is 17.9. The monoisotopic (exact) mass is 364 g/mol. The second-order valence-electron chi connectivity index (χ2n) is 6.46. The van der Waals surface area contributed by atoms with E-state index in [4.69, 9.17) is 4.84 Å². The fourth-order valence-electron chi connectivity index (χ4n) is 3.12. The van der Waals surface area contributed by atoms with Crippen molar-refractivity contribution in [2.75, 3.05) is 5.32 Å². The molecule has 0 saturated heterocycles. The highest BCUT2D eigenvalue weighted by molar-refractivity contribution is 5.99. The number of hydrogen-bond acceptors (Lipinski definition) is 4. The fraction of sp³-hybridized carbons (Fsp3) is 0.238. The maximum absolute atomic E-state index is 12.6. The molecule has 1 atom stereocenters. The average molecular weight is 364 g/mol. The highest BCUT2D eigenvalue weighted by Gasteiger charge is 2.17. The van der Waals surface area contributed by atoms with E-state index in [0.717, 1.165) is 28.2 Å². The smallest absolute Gasteiger partial charge is 0.276 e. The number of para-hydroxylation sites is 1. The second kappa shape index (κ2) is 8.51. The minimum absolute atomic E-state index is 0.00272. The molecule has 1 aromatic heterocycles. The first-order valence-electron chi connectivity index (χ1n) is 8.89. The minimum atomic E-state index is -0.290. The van der Waals surface area contributed by atoms with Gasteiger partial charge in [-0.1, -0.05) is 42.5 Å². The summed E-state index contributed by atoms with van der Waals surface area (Å²) in [6.07, 6.45) is 0. The van der Waals surface area contributed by atoms with Crippen LogP contribution in [0.4, 0.5) is 5.69 Å². The molecule has 0 saturated carbocycles. The Kier molecular flexibility index (Phi) is 5.88. The number of benzene rings is 2. The molecule has 6 heteroatoms. The summed E-state index contributed by atoms with van der Waals surface area (Å²) in [7, 11) is 0. The van der Waals surface area contributed by atoms with Crippen molar-refractivity contribution in [2.24, 2.45) is 0 Å². The van der Waals surface area contributed by atoms with Crippen LogP contribution in [0.15, 0.2) is 54.6 Å². The predicted octanol–water partition coefficient (Wildman–Crippen LogP) is 4.06. The largest absolute Gasteiger partial charge is 0.378 e. The van der Waals surface area contributed by atoms with Crippen LogP contribution in [0.2, 0.25) is 0 Å². The Hall–Kier alpha value is -3.12. The number of aryl methyl sites for hydroxylation is 2. The number of aromatic amines is 1. The number of carbonyl (C=O) groups excluding carboxylic acids is 1. The van der Waals surface area contributed by atoms with Crippen molar-refractivity contribution in [1.29, 1.82) is 0 Å². The van der Waals surface area contributed by atoms with Gasteiger partial charge in [-0.25, -0.2) is 5.48 Å². The maximum Gasteiger partial charge on any atom is 0.276 e. The molecule has 1 unspecified atom stereocenters. The quantitative estimate of drug-likeness (QED) is 0.552. The third-order valence-corrected chi connectivity index (χ3v) is 4.41. The summed E-state index contributed by atoms with van der Waals surface area (Å²) >= 11 is 0. The van der Waals surface area contributed by atoms with Crippen molar-refractivity contribution < 1.29 is 9.63 Å². The summed E-state index contributed by atoms with van der Waals surface area (Å²) in [5.41, 5.74) is 7.84. The van der Waals surface area contributed by atoms with Crippen molar-refractivity contribution in [1.82, 2.24) is 15.7 Å². The molecule has 3 N–H and O–H groups in total. The number of hydrogen-bond donors (Lipinski definition) is 3. The molecule has 0 aliphatic carbocycles. The van der Waals surface area contributed by atoms with Gasteiger partial charge in [-0.3, -0.25) is 14.7 Å². The number of aromatic nitrogens is 2. The van der Waals surface area contributed by atoms with Crippen molar-refractivity contribution in [3.05, 3.63) is 82.7 Å². The SMILES string of the molecule is Cc1n[nH]c(C)c1C(C)Nc1ccccc1C(=O)NOCc1ccccc1. The fourth-order valence-corrected chi connectivity index (χ4v) is 3.12. The van der Waals surface area contributed by atoms with Crippen LogP contribution in [-0.4, -0.2) is 16.1 Å². The molecule has 0 radical (unpaired) electrons. The van der Waals surface area contributed by atoms with Crippen molar-refractivity contribution >= 4 is 11.6 Å². The first-order chi connectivity index (χ1) is 13.1. The Morgan fingerprint density at radius 2 is 1.81 bits per heavy atom. The lowest BCUT2D eigenvalue weighted by molar-refractivity contribution is 0.0234. The lowest BCUT2D eigenvalue weighted by Crippen LogP contribution is -2.25. The van der Waals surface area contributed by atoms with Crippen LogP contribution >= 0.6 is 0 Å². The van der Waals surface area contributed by atoms with E-state index in [1.165, 1.54) is 0 Å². The third-order valence-electron chi connectivity index (χ3n) is 4.41. The molecule has 0 aliphatic rings. The Morgan fingerprint density at radius 3 is 2.52 bits per heavy atom. The molecule has 140 valence electrons. The van der Waals surface area contributed by atoms with Crippen LogP contribution in [0, 0.1) is 13.8 Å². The van der Waals surface area contributed by atoms with E-state index >= 15 is 0 Å². The number of nitrogens with zero attached hydrogens (tertiary/aromatic N) is 1. The van der Waals surface area contributed by atoms with Crippen LogP contribution in [0.25, 0.3) is 0 Å². The number of rotatable bonds is 7. The molecular formula is C21H24N4O2. The van der Waals surface area contributed by atoms with Gasteiger partial charge in [0, 0.05) is 16.9 Å². The molecule has 2 aromatic carbocycles. The topological polar surface area (TPSA) is 79.0 Å². The molecule has 0 aliphatic heterocycles. The lowest BCUT2D eigenvalue weighted by Gasteiger charge is -2.18. The lowest BCUT2D eigenvalue weighted by atomic mass is 10.1. The van der Waals surface area contributed by atoms with Gasteiger partial charge in [-0.2, -0.15) is 5.10 Å². The first kappa shape index (κ1) is 18.7. The molecule has 1 amide bonds. The van der Waals surface area contributed by atoms with Gasteiger partial charge in [-0.15, -0.1) is 0 Å². The van der Waals surface area contributed by atoms with E-state index in [0.29, 0.717) is 12.2 Å². The Bertz CT molecular complexity index is 886. The highest BCUT2D eigenvalue weighted by Crippen LogP contribution is 2.25. The van der Waals surface area contributed by atoms with Crippen LogP contribution in [-0.2, 0) is 11.4 Å². The zero-order chi connectivity index (χ0) is 19.2. The minimum Gasteiger partial charge on any atom is -0.378 e. The number of amides is 1. The van der Waals surface area contributed by atoms with Gasteiger partial charge in [0.1, 0.15) is 0 Å². The zero-order valence-electron chi connectivity index (χ0n) is 15.7. The van der Waals surface area contributed by atoms with Crippen molar-refractivity contribution in [2.45, 2.75) is 33.4 Å². The first-order valence-corrected chi connectivity index (χ1v) is 8.89. The van der Waals surface area contributed by atoms with Crippen molar-refractivity contribution in [3.8, 4) is 0 Å². The highest BCUT2D eigenvalue weighted by atomic mass is 16.6. The standard InChI is InChI=1S/C21H24N4O2/c1-14(20-15(2)23-24-16(20)3)22-19-12-8-7-11-18(19)21(26)25-27-13-17-9-5-4-6-10-17/h4-12,14,22H,13H2,1-3H3,(H,23,24)(H,25,26). The van der Waals surface area contributed by atoms with E-state index < -0.39 is 0 Å². The number of nitrogens with one attached hydrogen (secondary N) is 3. The molecule has 1 heterocycles. The summed E-state index contributed by atoms with van der Waals surface area (Å²) in [6.45, 7) is 6.31. The molecule has 0 bridgehead atoms. The van der Waals surface area contributed by atoms with Gasteiger partial charge in [0.2, 0.25) is 0 Å². The Labute approximate surface area is 158 Å². The van der Waals surface area contributed by atoms with Crippen LogP contribution < -0.4 is 10.8 Å². The predicted molar refractivity (Wildman–Crippen MR) is 105 cm³/mol. The van der Waals surface area contributed by atoms with Gasteiger partial charge in [0.15, 0.2) is 0 Å². The van der Waals surface area contributed by atoms with E-state index in [-0.39, 0.29) is 11.9 Å². The molecule has 0 spiro atoms. The molecular weight excluding hydrogens is 340 g/mol. The van der Waals surface area contributed by atoms with Crippen LogP contribution in [0.3, 0.4) is 0 Å². The van der Waals surface area contributed by atoms with Crippen LogP contribution in [0.5, 0.6) is 0 Å². The molecule has 6 nitrogen and oxygen atoms in total. The third kappa shape index (κ3) is 4.54. The Morgan fingerprint density at radius 1 is 1.11 bits per heavy atom. The summed E-state index contributed by atoms with van der Waals surface area (Å²) < 4.78 is 0. The summed E-state index contributed by atoms with van der Waals surface area (Å²) in [6, 6.07) is 17.1. The van der Waals surface area contributed by atoms with Crippen LogP contribution in [0.1, 0.15) is 45.8 Å². The number of hydroxylamine groups is 1. The maximum atomic E-state index is 12.6. The summed E-state index contributed by atoms with van der Waals surface area (Å²) in [5, 5.41) is 10.6. The second-order valence-corrected chi connectivity index (χ2v) is 6.46. The van der Waals surface area contributed by atoms with E-state index in [1.54, 1.807) is 6.07 Å². The molecule has 0 fully saturated rings. The van der Waals surface area contributed by atoms with Gasteiger partial charge in [-0.05, 0) is 38.5 Å². The molecule has 3 rings (SSSR count).